The summed E-state index contributed by atoms with van der Waals surface area (Å²) in [6.45, 7) is 4.88. The molecular weight excluding hydrogens is 288 g/mol. The first-order chi connectivity index (χ1) is 10.9. The van der Waals surface area contributed by atoms with E-state index >= 15 is 0 Å². The van der Waals surface area contributed by atoms with Gasteiger partial charge in [0.15, 0.2) is 0 Å². The van der Waals surface area contributed by atoms with Gasteiger partial charge in [0.2, 0.25) is 0 Å². The van der Waals surface area contributed by atoms with Gasteiger partial charge in [-0.2, -0.15) is 0 Å². The highest BCUT2D eigenvalue weighted by atomic mass is 16.3. The number of rotatable bonds is 1. The van der Waals surface area contributed by atoms with Crippen LogP contribution in [0.15, 0.2) is 0 Å². The molecule has 4 saturated carbocycles. The van der Waals surface area contributed by atoms with Crippen LogP contribution in [-0.4, -0.2) is 28.7 Å². The van der Waals surface area contributed by atoms with Crippen molar-refractivity contribution in [2.45, 2.75) is 71.3 Å². The molecule has 4 aliphatic carbocycles. The number of carbonyl (C=O) groups excluding carboxylic acids is 1. The zero-order valence-corrected chi connectivity index (χ0v) is 14.6. The van der Waals surface area contributed by atoms with E-state index in [-0.39, 0.29) is 12.7 Å². The molecule has 0 spiro atoms. The lowest BCUT2D eigenvalue weighted by Gasteiger charge is -2.62. The van der Waals surface area contributed by atoms with Gasteiger partial charge in [-0.25, -0.2) is 0 Å². The van der Waals surface area contributed by atoms with Crippen molar-refractivity contribution in [3.63, 3.8) is 0 Å². The number of hydrogen-bond acceptors (Lipinski definition) is 3. The van der Waals surface area contributed by atoms with Gasteiger partial charge in [0.1, 0.15) is 5.78 Å². The first kappa shape index (κ1) is 16.1. The average Bonchev–Trinajstić information content (AvgIpc) is 2.86. The van der Waals surface area contributed by atoms with Crippen molar-refractivity contribution in [1.82, 2.24) is 0 Å². The largest absolute Gasteiger partial charge is 0.395 e. The van der Waals surface area contributed by atoms with E-state index in [1.165, 1.54) is 12.8 Å². The maximum Gasteiger partial charge on any atom is 0.141 e. The summed E-state index contributed by atoms with van der Waals surface area (Å²) in [6, 6.07) is 0. The Balaban J connectivity index is 1.68. The predicted octanol–water partition coefficient (Wildman–Crippen LogP) is 3.18. The van der Waals surface area contributed by atoms with E-state index in [2.05, 4.69) is 13.8 Å². The Morgan fingerprint density at radius 2 is 1.91 bits per heavy atom. The molecule has 2 N–H and O–H groups in total. The van der Waals surface area contributed by atoms with Crippen LogP contribution in [0.1, 0.15) is 65.2 Å². The van der Waals surface area contributed by atoms with Crippen LogP contribution in [0.2, 0.25) is 0 Å². The van der Waals surface area contributed by atoms with Crippen LogP contribution in [0.4, 0.5) is 0 Å². The van der Waals surface area contributed by atoms with E-state index in [1.54, 1.807) is 0 Å². The van der Waals surface area contributed by atoms with Gasteiger partial charge in [-0.15, -0.1) is 0 Å². The van der Waals surface area contributed by atoms with Crippen LogP contribution in [-0.2, 0) is 4.79 Å². The molecular formula is C20H32O3. The second-order valence-electron chi connectivity index (χ2n) is 9.36. The van der Waals surface area contributed by atoms with Crippen LogP contribution in [0.3, 0.4) is 0 Å². The van der Waals surface area contributed by atoms with Crippen LogP contribution < -0.4 is 0 Å². The Morgan fingerprint density at radius 3 is 2.65 bits per heavy atom. The molecule has 0 unspecified atom stereocenters. The summed E-state index contributed by atoms with van der Waals surface area (Å²) in [4.78, 5) is 12.5. The van der Waals surface area contributed by atoms with Crippen molar-refractivity contribution in [3.05, 3.63) is 0 Å². The highest BCUT2D eigenvalue weighted by Crippen LogP contribution is 2.66. The first-order valence-corrected chi connectivity index (χ1v) is 9.75. The van der Waals surface area contributed by atoms with Crippen LogP contribution >= 0.6 is 0 Å². The summed E-state index contributed by atoms with van der Waals surface area (Å²) in [5, 5.41) is 20.3. The molecule has 3 nitrogen and oxygen atoms in total. The molecule has 4 aliphatic rings. The van der Waals surface area contributed by atoms with Crippen molar-refractivity contribution in [1.29, 1.82) is 0 Å². The Kier molecular flexibility index (Phi) is 3.70. The Bertz CT molecular complexity index is 503. The molecule has 0 heterocycles. The fourth-order valence-corrected chi connectivity index (χ4v) is 7.57. The fraction of sp³-hybridized carbons (Fsp3) is 0.950. The molecule has 0 aromatic rings. The number of aliphatic hydroxyl groups is 2. The third kappa shape index (κ3) is 1.99. The lowest BCUT2D eigenvalue weighted by atomic mass is 9.43. The van der Waals surface area contributed by atoms with Gasteiger partial charge in [-0.1, -0.05) is 13.8 Å². The molecule has 130 valence electrons. The minimum atomic E-state index is -0.401. The standard InChI is InChI=1S/C20H32O3/c1-12-9-14(22)10-13-3-4-15-16(19(12,13)2)7-8-20(11-21)17(15)5-6-18(20)23/h12-17,21-22H,3-11H2,1-2H3/t12-,13-,14+,15+,16-,17-,19-,20+/m0/s1. The third-order valence-corrected chi connectivity index (χ3v) is 8.94. The van der Waals surface area contributed by atoms with Crippen molar-refractivity contribution in [2.75, 3.05) is 6.61 Å². The monoisotopic (exact) mass is 320 g/mol. The van der Waals surface area contributed by atoms with E-state index < -0.39 is 5.41 Å². The fourth-order valence-electron chi connectivity index (χ4n) is 7.57. The van der Waals surface area contributed by atoms with Gasteiger partial charge in [-0.05, 0) is 80.0 Å². The van der Waals surface area contributed by atoms with Gasteiger partial charge in [0.25, 0.3) is 0 Å². The molecule has 8 atom stereocenters. The summed E-state index contributed by atoms with van der Waals surface area (Å²) >= 11 is 0. The maximum atomic E-state index is 12.5. The molecule has 4 rings (SSSR count). The Labute approximate surface area is 139 Å². The van der Waals surface area contributed by atoms with Gasteiger partial charge in [-0.3, -0.25) is 4.79 Å². The summed E-state index contributed by atoms with van der Waals surface area (Å²) in [6.07, 6.45) is 7.86. The SMILES string of the molecule is C[C@H]1C[C@@H](O)C[C@@H]2CC[C@H]3[C@@H]4CCC(=O)[C@@]4(CO)CC[C@@H]3[C@]21C. The zero-order chi connectivity index (χ0) is 16.4. The number of hydrogen-bond donors (Lipinski definition) is 2. The second-order valence-corrected chi connectivity index (χ2v) is 9.36. The number of ketones is 1. The molecule has 0 radical (unpaired) electrons. The maximum absolute atomic E-state index is 12.5. The smallest absolute Gasteiger partial charge is 0.141 e. The third-order valence-electron chi connectivity index (χ3n) is 8.94. The molecule has 0 aromatic heterocycles. The summed E-state index contributed by atoms with van der Waals surface area (Å²) in [5.74, 6) is 3.24. The number of aliphatic hydroxyl groups excluding tert-OH is 2. The molecule has 23 heavy (non-hydrogen) atoms. The van der Waals surface area contributed by atoms with Gasteiger partial charge >= 0.3 is 0 Å². The highest BCUT2D eigenvalue weighted by Gasteiger charge is 2.62. The lowest BCUT2D eigenvalue weighted by Crippen LogP contribution is -2.57. The Hall–Kier alpha value is -0.410. The molecule has 0 bridgehead atoms. The molecule has 0 aliphatic heterocycles. The second kappa shape index (κ2) is 5.29. The highest BCUT2D eigenvalue weighted by molar-refractivity contribution is 5.87. The molecule has 0 amide bonds. The minimum absolute atomic E-state index is 0.0636. The van der Waals surface area contributed by atoms with E-state index in [9.17, 15) is 15.0 Å². The Morgan fingerprint density at radius 1 is 1.13 bits per heavy atom. The molecule has 0 aromatic carbocycles. The van der Waals surface area contributed by atoms with E-state index in [0.717, 1.165) is 32.1 Å². The molecule has 0 saturated heterocycles. The van der Waals surface area contributed by atoms with Crippen molar-refractivity contribution in [2.24, 2.45) is 40.4 Å². The lowest BCUT2D eigenvalue weighted by molar-refractivity contribution is -0.162. The van der Waals surface area contributed by atoms with Crippen molar-refractivity contribution in [3.8, 4) is 0 Å². The topological polar surface area (TPSA) is 57.5 Å². The summed E-state index contributed by atoms with van der Waals surface area (Å²) in [7, 11) is 0. The average molecular weight is 320 g/mol. The van der Waals surface area contributed by atoms with Gasteiger partial charge in [0, 0.05) is 6.42 Å². The minimum Gasteiger partial charge on any atom is -0.395 e. The predicted molar refractivity (Wildman–Crippen MR) is 88.7 cm³/mol. The van der Waals surface area contributed by atoms with Crippen LogP contribution in [0.25, 0.3) is 0 Å². The molecule has 3 heteroatoms. The normalized spacial score (nSPS) is 55.9. The number of carbonyl (C=O) groups is 1. The quantitative estimate of drug-likeness (QED) is 0.780. The summed E-state index contributed by atoms with van der Waals surface area (Å²) < 4.78 is 0. The van der Waals surface area contributed by atoms with E-state index in [0.29, 0.717) is 47.2 Å². The van der Waals surface area contributed by atoms with E-state index in [1.807, 2.05) is 0 Å². The van der Waals surface area contributed by atoms with Gasteiger partial charge in [0.05, 0.1) is 18.1 Å². The number of fused-ring (bicyclic) bond motifs is 5. The van der Waals surface area contributed by atoms with Crippen LogP contribution in [0.5, 0.6) is 0 Å². The molecule has 4 fully saturated rings. The van der Waals surface area contributed by atoms with Crippen molar-refractivity contribution < 1.29 is 15.0 Å². The number of Topliss-reactive ketones (excluding diaryl/α,β-unsaturated/α-hetero) is 1. The summed E-state index contributed by atoms with van der Waals surface area (Å²) in [5.41, 5.74) is -0.0861. The van der Waals surface area contributed by atoms with Crippen LogP contribution in [0, 0.1) is 40.4 Å². The van der Waals surface area contributed by atoms with E-state index in [4.69, 9.17) is 0 Å². The van der Waals surface area contributed by atoms with Gasteiger partial charge < -0.3 is 10.2 Å². The first-order valence-electron chi connectivity index (χ1n) is 9.75. The van der Waals surface area contributed by atoms with Crippen molar-refractivity contribution >= 4 is 5.78 Å². The zero-order valence-electron chi connectivity index (χ0n) is 14.6.